The highest BCUT2D eigenvalue weighted by Crippen LogP contribution is 2.32. The molecule has 1 aliphatic rings. The number of carbonyl (C=O) groups is 1. The van der Waals surface area contributed by atoms with Gasteiger partial charge in [0.1, 0.15) is 0 Å². The number of fused-ring (bicyclic) bond motifs is 1. The van der Waals surface area contributed by atoms with Crippen LogP contribution in [0, 0.1) is 5.92 Å². The zero-order valence-electron chi connectivity index (χ0n) is 11.2. The first-order chi connectivity index (χ1) is 9.10. The van der Waals surface area contributed by atoms with Crippen LogP contribution >= 0.6 is 0 Å². The minimum atomic E-state index is -0.224. The fourth-order valence-electron chi connectivity index (χ4n) is 2.05. The summed E-state index contributed by atoms with van der Waals surface area (Å²) in [6.07, 6.45) is 0.743. The van der Waals surface area contributed by atoms with E-state index >= 15 is 0 Å². The largest absolute Gasteiger partial charge is 0.454 e. The lowest BCUT2D eigenvalue weighted by molar-refractivity contribution is 0.0908. The van der Waals surface area contributed by atoms with Gasteiger partial charge in [0.15, 0.2) is 11.5 Å². The standard InChI is InChI=1S/C14H19NO4/c1-9(2)5-11(7-16)15-14(17)10-3-4-12-13(6-10)19-8-18-12/h3-4,6,9,11,16H,5,7-8H2,1-2H3,(H,15,17). The maximum Gasteiger partial charge on any atom is 0.251 e. The minimum absolute atomic E-state index is 0.0610. The summed E-state index contributed by atoms with van der Waals surface area (Å²) in [5.74, 6) is 1.43. The van der Waals surface area contributed by atoms with Gasteiger partial charge in [0.25, 0.3) is 5.91 Å². The average molecular weight is 265 g/mol. The van der Waals surface area contributed by atoms with Gasteiger partial charge in [0, 0.05) is 5.56 Å². The molecular formula is C14H19NO4. The molecule has 0 radical (unpaired) electrons. The lowest BCUT2D eigenvalue weighted by Crippen LogP contribution is -2.38. The van der Waals surface area contributed by atoms with Crippen LogP contribution in [0.5, 0.6) is 11.5 Å². The van der Waals surface area contributed by atoms with Crippen molar-refractivity contribution in [2.75, 3.05) is 13.4 Å². The number of nitrogens with one attached hydrogen (secondary N) is 1. The second kappa shape index (κ2) is 5.93. The van der Waals surface area contributed by atoms with Crippen molar-refractivity contribution in [2.24, 2.45) is 5.92 Å². The van der Waals surface area contributed by atoms with Crippen LogP contribution in [0.3, 0.4) is 0 Å². The third-order valence-electron chi connectivity index (χ3n) is 2.95. The monoisotopic (exact) mass is 265 g/mol. The summed E-state index contributed by atoms with van der Waals surface area (Å²) in [6, 6.07) is 4.83. The molecule has 19 heavy (non-hydrogen) atoms. The second-order valence-electron chi connectivity index (χ2n) is 5.05. The Morgan fingerprint density at radius 1 is 1.37 bits per heavy atom. The molecule has 0 saturated carbocycles. The van der Waals surface area contributed by atoms with Gasteiger partial charge in [0.05, 0.1) is 12.6 Å². The lowest BCUT2D eigenvalue weighted by atomic mass is 10.0. The zero-order valence-corrected chi connectivity index (χ0v) is 11.2. The Bertz CT molecular complexity index is 459. The second-order valence-corrected chi connectivity index (χ2v) is 5.05. The molecule has 1 unspecified atom stereocenters. The molecule has 104 valence electrons. The highest BCUT2D eigenvalue weighted by atomic mass is 16.7. The quantitative estimate of drug-likeness (QED) is 0.847. The number of benzene rings is 1. The maximum atomic E-state index is 12.1. The fraction of sp³-hybridized carbons (Fsp3) is 0.500. The summed E-state index contributed by atoms with van der Waals surface area (Å²) < 4.78 is 10.4. The third kappa shape index (κ3) is 3.38. The Morgan fingerprint density at radius 2 is 2.11 bits per heavy atom. The Hall–Kier alpha value is -1.75. The van der Waals surface area contributed by atoms with Gasteiger partial charge < -0.3 is 19.9 Å². The van der Waals surface area contributed by atoms with Gasteiger partial charge in [-0.2, -0.15) is 0 Å². The normalized spacial score (nSPS) is 14.5. The molecule has 1 aromatic carbocycles. The molecule has 2 rings (SSSR count). The van der Waals surface area contributed by atoms with Crippen molar-refractivity contribution < 1.29 is 19.4 Å². The van der Waals surface area contributed by atoms with Crippen molar-refractivity contribution in [3.8, 4) is 11.5 Å². The van der Waals surface area contributed by atoms with Gasteiger partial charge in [-0.15, -0.1) is 0 Å². The molecule has 5 heteroatoms. The number of aliphatic hydroxyl groups is 1. The van der Waals surface area contributed by atoms with Crippen LogP contribution in [0.2, 0.25) is 0 Å². The van der Waals surface area contributed by atoms with E-state index in [9.17, 15) is 9.90 Å². The van der Waals surface area contributed by atoms with Crippen LogP contribution in [-0.4, -0.2) is 30.5 Å². The van der Waals surface area contributed by atoms with E-state index in [-0.39, 0.29) is 25.3 Å². The van der Waals surface area contributed by atoms with E-state index in [1.54, 1.807) is 18.2 Å². The molecule has 1 aromatic rings. The lowest BCUT2D eigenvalue weighted by Gasteiger charge is -2.18. The number of amides is 1. The zero-order chi connectivity index (χ0) is 13.8. The summed E-state index contributed by atoms with van der Waals surface area (Å²) in [6.45, 7) is 4.23. The van der Waals surface area contributed by atoms with Gasteiger partial charge in [-0.3, -0.25) is 4.79 Å². The molecule has 0 fully saturated rings. The van der Waals surface area contributed by atoms with Crippen LogP contribution in [-0.2, 0) is 0 Å². The van der Waals surface area contributed by atoms with Gasteiger partial charge in [-0.05, 0) is 30.5 Å². The van der Waals surface area contributed by atoms with Crippen LogP contribution in [0.15, 0.2) is 18.2 Å². The first-order valence-electron chi connectivity index (χ1n) is 6.41. The molecule has 0 spiro atoms. The van der Waals surface area contributed by atoms with E-state index in [0.717, 1.165) is 6.42 Å². The molecule has 2 N–H and O–H groups in total. The van der Waals surface area contributed by atoms with Crippen LogP contribution in [0.1, 0.15) is 30.6 Å². The Balaban J connectivity index is 2.03. The number of carbonyl (C=O) groups excluding carboxylic acids is 1. The number of ether oxygens (including phenoxy) is 2. The van der Waals surface area contributed by atoms with Crippen molar-refractivity contribution in [3.05, 3.63) is 23.8 Å². The number of rotatable bonds is 5. The van der Waals surface area contributed by atoms with Crippen LogP contribution in [0.4, 0.5) is 0 Å². The SMILES string of the molecule is CC(C)CC(CO)NC(=O)c1ccc2c(c1)OCO2. The van der Waals surface area contributed by atoms with Gasteiger partial charge in [-0.25, -0.2) is 0 Å². The topological polar surface area (TPSA) is 67.8 Å². The molecule has 0 bridgehead atoms. The van der Waals surface area contributed by atoms with Gasteiger partial charge in [0.2, 0.25) is 6.79 Å². The van der Waals surface area contributed by atoms with Crippen molar-refractivity contribution in [1.29, 1.82) is 0 Å². The van der Waals surface area contributed by atoms with Crippen LogP contribution < -0.4 is 14.8 Å². The predicted octanol–water partition coefficient (Wildman–Crippen LogP) is 1.55. The molecule has 5 nitrogen and oxygen atoms in total. The van der Waals surface area contributed by atoms with E-state index in [1.807, 2.05) is 0 Å². The molecule has 1 aliphatic heterocycles. The highest BCUT2D eigenvalue weighted by Gasteiger charge is 2.18. The number of hydrogen-bond donors (Lipinski definition) is 2. The van der Waals surface area contributed by atoms with Crippen molar-refractivity contribution in [2.45, 2.75) is 26.3 Å². The Morgan fingerprint density at radius 3 is 2.79 bits per heavy atom. The summed E-state index contributed by atoms with van der Waals surface area (Å²) >= 11 is 0. The van der Waals surface area contributed by atoms with Crippen molar-refractivity contribution in [1.82, 2.24) is 5.32 Å². The third-order valence-corrected chi connectivity index (χ3v) is 2.95. The Labute approximate surface area is 112 Å². The van der Waals surface area contributed by atoms with Gasteiger partial charge >= 0.3 is 0 Å². The average Bonchev–Trinajstić information content (AvgIpc) is 2.84. The molecule has 1 heterocycles. The first-order valence-corrected chi connectivity index (χ1v) is 6.41. The summed E-state index contributed by atoms with van der Waals surface area (Å²) in [5, 5.41) is 12.1. The van der Waals surface area contributed by atoms with Crippen molar-refractivity contribution in [3.63, 3.8) is 0 Å². The minimum Gasteiger partial charge on any atom is -0.454 e. The van der Waals surface area contributed by atoms with Crippen LogP contribution in [0.25, 0.3) is 0 Å². The van der Waals surface area contributed by atoms with Gasteiger partial charge in [-0.1, -0.05) is 13.8 Å². The number of aliphatic hydroxyl groups excluding tert-OH is 1. The fourth-order valence-corrected chi connectivity index (χ4v) is 2.05. The molecule has 0 aliphatic carbocycles. The van der Waals surface area contributed by atoms with Crippen molar-refractivity contribution >= 4 is 5.91 Å². The summed E-state index contributed by atoms with van der Waals surface area (Å²) in [5.41, 5.74) is 0.506. The maximum absolute atomic E-state index is 12.1. The molecular weight excluding hydrogens is 246 g/mol. The van der Waals surface area contributed by atoms with E-state index in [2.05, 4.69) is 19.2 Å². The predicted molar refractivity (Wildman–Crippen MR) is 70.4 cm³/mol. The molecule has 0 aromatic heterocycles. The first kappa shape index (κ1) is 13.7. The smallest absolute Gasteiger partial charge is 0.251 e. The summed E-state index contributed by atoms with van der Waals surface area (Å²) in [4.78, 5) is 12.1. The van der Waals surface area contributed by atoms with E-state index < -0.39 is 0 Å². The molecule has 1 amide bonds. The Kier molecular flexibility index (Phi) is 4.27. The van der Waals surface area contributed by atoms with E-state index in [1.165, 1.54) is 0 Å². The summed E-state index contributed by atoms with van der Waals surface area (Å²) in [7, 11) is 0. The highest BCUT2D eigenvalue weighted by molar-refractivity contribution is 5.95. The van der Waals surface area contributed by atoms with E-state index in [0.29, 0.717) is 23.0 Å². The molecule has 0 saturated heterocycles. The van der Waals surface area contributed by atoms with E-state index in [4.69, 9.17) is 9.47 Å². The molecule has 1 atom stereocenters. The number of hydrogen-bond acceptors (Lipinski definition) is 4.